The van der Waals surface area contributed by atoms with Gasteiger partial charge in [-0.2, -0.15) is 0 Å². The molecule has 4 rings (SSSR count). The molecule has 0 aromatic carbocycles. The van der Waals surface area contributed by atoms with Crippen molar-refractivity contribution >= 4 is 5.71 Å². The maximum Gasteiger partial charge on any atom is 0.0795 e. The van der Waals surface area contributed by atoms with E-state index >= 15 is 0 Å². The van der Waals surface area contributed by atoms with Gasteiger partial charge in [0.25, 0.3) is 0 Å². The Bertz CT molecular complexity index is 566. The second-order valence-electron chi connectivity index (χ2n) is 8.54. The van der Waals surface area contributed by atoms with E-state index < -0.39 is 0 Å². The minimum absolute atomic E-state index is 0.115. The normalized spacial score (nSPS) is 50.7. The van der Waals surface area contributed by atoms with Crippen molar-refractivity contribution in [3.63, 3.8) is 0 Å². The molecule has 4 aliphatic carbocycles. The SMILES string of the molecule is C=C[C@@H]1CC2=C/C(=N/O)CC[C@@H]2[C@H]2CC[C@]3(C)[C@@H](O)CC[C@H]3[C@@H]21. The average Bonchev–Trinajstić information content (AvgIpc) is 2.88. The summed E-state index contributed by atoms with van der Waals surface area (Å²) in [6.45, 7) is 6.47. The van der Waals surface area contributed by atoms with Gasteiger partial charge in [-0.1, -0.05) is 23.7 Å². The zero-order valence-electron chi connectivity index (χ0n) is 14.1. The standard InChI is InChI=1S/C20H29NO2/c1-3-12-10-13-11-14(21-23)4-5-15(13)16-8-9-20(2)17(19(12)16)6-7-18(20)22/h3,11-12,15-19,22-23H,1,4-10H2,2H3/b21-14+/t12-,15+,16-,17+,18+,19-,20+/m1/s1. The number of aliphatic hydroxyl groups excluding tert-OH is 1. The van der Waals surface area contributed by atoms with Gasteiger partial charge in [-0.15, -0.1) is 6.58 Å². The lowest BCUT2D eigenvalue weighted by Crippen LogP contribution is -2.50. The van der Waals surface area contributed by atoms with Crippen LogP contribution in [0.3, 0.4) is 0 Å². The molecule has 0 saturated heterocycles. The van der Waals surface area contributed by atoms with E-state index in [2.05, 4.69) is 30.8 Å². The molecule has 3 fully saturated rings. The molecule has 0 spiro atoms. The summed E-state index contributed by atoms with van der Waals surface area (Å²) >= 11 is 0. The second kappa shape index (κ2) is 5.47. The van der Waals surface area contributed by atoms with Crippen LogP contribution in [0.1, 0.15) is 51.9 Å². The smallest absolute Gasteiger partial charge is 0.0795 e. The van der Waals surface area contributed by atoms with Gasteiger partial charge in [0.15, 0.2) is 0 Å². The molecule has 0 aliphatic heterocycles. The van der Waals surface area contributed by atoms with Gasteiger partial charge >= 0.3 is 0 Å². The Morgan fingerprint density at radius 3 is 2.87 bits per heavy atom. The third-order valence-electron chi connectivity index (χ3n) is 7.79. The lowest BCUT2D eigenvalue weighted by Gasteiger charge is -2.55. The monoisotopic (exact) mass is 315 g/mol. The van der Waals surface area contributed by atoms with Crippen LogP contribution < -0.4 is 0 Å². The summed E-state index contributed by atoms with van der Waals surface area (Å²) in [7, 11) is 0. The van der Waals surface area contributed by atoms with Crippen LogP contribution in [0.4, 0.5) is 0 Å². The molecule has 3 saturated carbocycles. The lowest BCUT2D eigenvalue weighted by atomic mass is 9.49. The number of oxime groups is 1. The fourth-order valence-electron chi connectivity index (χ4n) is 6.59. The number of allylic oxidation sites excluding steroid dienone is 3. The predicted octanol–water partition coefficient (Wildman–Crippen LogP) is 4.16. The first kappa shape index (κ1) is 15.4. The van der Waals surface area contributed by atoms with Crippen LogP contribution in [0.2, 0.25) is 0 Å². The molecule has 0 aromatic rings. The highest BCUT2D eigenvalue weighted by molar-refractivity contribution is 5.96. The molecular weight excluding hydrogens is 286 g/mol. The van der Waals surface area contributed by atoms with Crippen molar-refractivity contribution in [1.29, 1.82) is 0 Å². The first-order valence-corrected chi connectivity index (χ1v) is 9.30. The molecule has 126 valence electrons. The summed E-state index contributed by atoms with van der Waals surface area (Å²) in [5.74, 6) is 3.22. The topological polar surface area (TPSA) is 52.8 Å². The molecule has 0 aromatic heterocycles. The molecule has 0 heterocycles. The van der Waals surface area contributed by atoms with Crippen molar-refractivity contribution in [2.24, 2.45) is 40.2 Å². The Morgan fingerprint density at radius 1 is 1.30 bits per heavy atom. The van der Waals surface area contributed by atoms with Crippen molar-refractivity contribution in [3.8, 4) is 0 Å². The first-order valence-electron chi connectivity index (χ1n) is 9.30. The van der Waals surface area contributed by atoms with Crippen molar-refractivity contribution < 1.29 is 10.3 Å². The number of hydrogen-bond acceptors (Lipinski definition) is 3. The van der Waals surface area contributed by atoms with E-state index in [-0.39, 0.29) is 11.5 Å². The van der Waals surface area contributed by atoms with Gasteiger partial charge in [0, 0.05) is 0 Å². The van der Waals surface area contributed by atoms with Crippen LogP contribution in [0.15, 0.2) is 29.5 Å². The second-order valence-corrected chi connectivity index (χ2v) is 8.54. The number of hydrogen-bond donors (Lipinski definition) is 2. The van der Waals surface area contributed by atoms with Crippen LogP contribution >= 0.6 is 0 Å². The van der Waals surface area contributed by atoms with Gasteiger partial charge in [-0.05, 0) is 86.0 Å². The van der Waals surface area contributed by atoms with E-state index in [1.165, 1.54) is 18.4 Å². The zero-order chi connectivity index (χ0) is 16.2. The minimum atomic E-state index is -0.115. The average molecular weight is 315 g/mol. The van der Waals surface area contributed by atoms with E-state index in [9.17, 15) is 5.11 Å². The Labute approximate surface area is 139 Å². The Balaban J connectivity index is 1.70. The highest BCUT2D eigenvalue weighted by atomic mass is 16.4. The summed E-state index contributed by atoms with van der Waals surface area (Å²) in [4.78, 5) is 0. The first-order chi connectivity index (χ1) is 11.1. The van der Waals surface area contributed by atoms with E-state index in [1.807, 2.05) is 0 Å². The lowest BCUT2D eigenvalue weighted by molar-refractivity contribution is -0.0651. The summed E-state index contributed by atoms with van der Waals surface area (Å²) in [6.07, 6.45) is 11.8. The van der Waals surface area contributed by atoms with Crippen LogP contribution in [0.25, 0.3) is 0 Å². The number of rotatable bonds is 1. The minimum Gasteiger partial charge on any atom is -0.411 e. The molecule has 0 amide bonds. The quantitative estimate of drug-likeness (QED) is 0.433. The Hall–Kier alpha value is -1.09. The van der Waals surface area contributed by atoms with Crippen molar-refractivity contribution in [2.75, 3.05) is 0 Å². The third-order valence-corrected chi connectivity index (χ3v) is 7.79. The van der Waals surface area contributed by atoms with Crippen LogP contribution in [-0.2, 0) is 0 Å². The maximum atomic E-state index is 10.6. The Morgan fingerprint density at radius 2 is 2.13 bits per heavy atom. The van der Waals surface area contributed by atoms with E-state index in [1.54, 1.807) is 0 Å². The van der Waals surface area contributed by atoms with Gasteiger partial charge < -0.3 is 10.3 Å². The summed E-state index contributed by atoms with van der Waals surface area (Å²) in [5, 5.41) is 23.1. The van der Waals surface area contributed by atoms with Crippen molar-refractivity contribution in [3.05, 3.63) is 24.3 Å². The molecule has 0 bridgehead atoms. The van der Waals surface area contributed by atoms with E-state index in [0.717, 1.165) is 43.7 Å². The van der Waals surface area contributed by atoms with E-state index in [0.29, 0.717) is 23.7 Å². The van der Waals surface area contributed by atoms with Gasteiger partial charge in [-0.3, -0.25) is 0 Å². The number of fused-ring (bicyclic) bond motifs is 5. The zero-order valence-corrected chi connectivity index (χ0v) is 14.1. The molecular formula is C20H29NO2. The number of nitrogens with zero attached hydrogens (tertiary/aromatic N) is 1. The molecule has 4 aliphatic rings. The fourth-order valence-corrected chi connectivity index (χ4v) is 6.59. The maximum absolute atomic E-state index is 10.6. The van der Waals surface area contributed by atoms with Gasteiger partial charge in [-0.25, -0.2) is 0 Å². The van der Waals surface area contributed by atoms with Crippen LogP contribution in [0, 0.1) is 35.0 Å². The molecule has 2 N–H and O–H groups in total. The molecule has 0 radical (unpaired) electrons. The van der Waals surface area contributed by atoms with Gasteiger partial charge in [0.2, 0.25) is 0 Å². The Kier molecular flexibility index (Phi) is 3.67. The van der Waals surface area contributed by atoms with Crippen molar-refractivity contribution in [2.45, 2.75) is 58.0 Å². The summed E-state index contributed by atoms with van der Waals surface area (Å²) in [5.41, 5.74) is 2.45. The summed E-state index contributed by atoms with van der Waals surface area (Å²) in [6, 6.07) is 0. The number of aliphatic hydroxyl groups is 1. The highest BCUT2D eigenvalue weighted by Crippen LogP contribution is 2.63. The molecule has 0 unspecified atom stereocenters. The molecule has 3 nitrogen and oxygen atoms in total. The van der Waals surface area contributed by atoms with E-state index in [4.69, 9.17) is 5.21 Å². The van der Waals surface area contributed by atoms with Crippen LogP contribution in [-0.4, -0.2) is 22.1 Å². The molecule has 3 heteroatoms. The third kappa shape index (κ3) is 2.15. The molecule has 7 atom stereocenters. The van der Waals surface area contributed by atoms with Crippen molar-refractivity contribution in [1.82, 2.24) is 0 Å². The summed E-state index contributed by atoms with van der Waals surface area (Å²) < 4.78 is 0. The van der Waals surface area contributed by atoms with Gasteiger partial charge in [0.05, 0.1) is 11.8 Å². The highest BCUT2D eigenvalue weighted by Gasteiger charge is 2.57. The predicted molar refractivity (Wildman–Crippen MR) is 91.4 cm³/mol. The largest absolute Gasteiger partial charge is 0.411 e. The van der Waals surface area contributed by atoms with Gasteiger partial charge in [0.1, 0.15) is 0 Å². The van der Waals surface area contributed by atoms with Crippen LogP contribution in [0.5, 0.6) is 0 Å². The fraction of sp³-hybridized carbons (Fsp3) is 0.750. The molecule has 23 heavy (non-hydrogen) atoms.